The average molecular weight is 275 g/mol. The highest BCUT2D eigenvalue weighted by atomic mass is 14.4. The van der Waals surface area contributed by atoms with Crippen LogP contribution in [0.3, 0.4) is 0 Å². The number of unbranched alkanes of at least 4 members (excludes halogenated alkanes) is 2. The summed E-state index contributed by atoms with van der Waals surface area (Å²) in [5.74, 6) is 2.96. The highest BCUT2D eigenvalue weighted by Gasteiger charge is 2.35. The zero-order chi connectivity index (χ0) is 14.4. The molecule has 2 rings (SSSR count). The number of hydrogen-bond donors (Lipinski definition) is 0. The van der Waals surface area contributed by atoms with Crippen molar-refractivity contribution >= 4 is 0 Å². The monoisotopic (exact) mass is 275 g/mol. The van der Waals surface area contributed by atoms with Gasteiger partial charge in [-0.3, -0.25) is 0 Å². The summed E-state index contributed by atoms with van der Waals surface area (Å²) >= 11 is 0. The Morgan fingerprint density at radius 1 is 0.950 bits per heavy atom. The first-order valence-electron chi connectivity index (χ1n) is 9.08. The highest BCUT2D eigenvalue weighted by molar-refractivity contribution is 4.99. The molecule has 1 heteroatoms. The molecule has 0 aromatic rings. The van der Waals surface area contributed by atoms with Crippen LogP contribution in [0.25, 0.3) is 0 Å². The maximum absolute atomic E-state index is 9.23. The van der Waals surface area contributed by atoms with Crippen molar-refractivity contribution in [2.24, 2.45) is 23.2 Å². The van der Waals surface area contributed by atoms with E-state index in [0.717, 1.165) is 30.6 Å². The number of nitrogens with zero attached hydrogens (tertiary/aromatic N) is 1. The molecule has 20 heavy (non-hydrogen) atoms. The van der Waals surface area contributed by atoms with Crippen molar-refractivity contribution in [1.29, 1.82) is 5.26 Å². The Hall–Kier alpha value is -0.510. The van der Waals surface area contributed by atoms with E-state index >= 15 is 0 Å². The topological polar surface area (TPSA) is 23.8 Å². The second-order valence-corrected chi connectivity index (χ2v) is 7.79. The fraction of sp³-hybridized carbons (Fsp3) is 0.947. The zero-order valence-corrected chi connectivity index (χ0v) is 13.7. The van der Waals surface area contributed by atoms with Crippen LogP contribution in [-0.2, 0) is 0 Å². The predicted molar refractivity (Wildman–Crippen MR) is 85.3 cm³/mol. The van der Waals surface area contributed by atoms with Gasteiger partial charge in [0.1, 0.15) is 0 Å². The quantitative estimate of drug-likeness (QED) is 0.557. The molecule has 2 aliphatic carbocycles. The fourth-order valence-electron chi connectivity index (χ4n) is 4.49. The molecule has 2 saturated carbocycles. The Balaban J connectivity index is 1.68. The molecule has 0 N–H and O–H groups in total. The standard InChI is InChI=1S/C19H33N/c1-3-4-5-6-16-7-9-17(10-8-16)18-11-13-19(2,15-20)14-12-18/h16-18H,3-14H2,1-2H3. The summed E-state index contributed by atoms with van der Waals surface area (Å²) < 4.78 is 0. The van der Waals surface area contributed by atoms with Gasteiger partial charge in [-0.05, 0) is 63.2 Å². The SMILES string of the molecule is CCCCCC1CCC(C2CCC(C)(C#N)CC2)CC1. The number of hydrogen-bond acceptors (Lipinski definition) is 1. The maximum Gasteiger partial charge on any atom is 0.0686 e. The zero-order valence-electron chi connectivity index (χ0n) is 13.7. The van der Waals surface area contributed by atoms with Crippen molar-refractivity contribution in [2.75, 3.05) is 0 Å². The third-order valence-corrected chi connectivity index (χ3v) is 6.18. The average Bonchev–Trinajstić information content (AvgIpc) is 2.49. The molecular formula is C19H33N. The highest BCUT2D eigenvalue weighted by Crippen LogP contribution is 2.45. The van der Waals surface area contributed by atoms with E-state index in [4.69, 9.17) is 0 Å². The van der Waals surface area contributed by atoms with E-state index in [-0.39, 0.29) is 5.41 Å². The first kappa shape index (κ1) is 15.9. The van der Waals surface area contributed by atoms with E-state index in [0.29, 0.717) is 0 Å². The first-order chi connectivity index (χ1) is 9.67. The first-order valence-corrected chi connectivity index (χ1v) is 9.08. The van der Waals surface area contributed by atoms with Crippen molar-refractivity contribution in [2.45, 2.75) is 90.9 Å². The van der Waals surface area contributed by atoms with Gasteiger partial charge in [0.2, 0.25) is 0 Å². The molecule has 0 atom stereocenters. The summed E-state index contributed by atoms with van der Waals surface area (Å²) in [6.07, 6.45) is 16.6. The lowest BCUT2D eigenvalue weighted by Gasteiger charge is -2.39. The summed E-state index contributed by atoms with van der Waals surface area (Å²) in [6.45, 7) is 4.46. The third kappa shape index (κ3) is 4.24. The Bertz CT molecular complexity index is 311. The normalized spacial score (nSPS) is 38.4. The smallest absolute Gasteiger partial charge is 0.0686 e. The summed E-state index contributed by atoms with van der Waals surface area (Å²) in [4.78, 5) is 0. The van der Waals surface area contributed by atoms with Gasteiger partial charge >= 0.3 is 0 Å². The van der Waals surface area contributed by atoms with Crippen molar-refractivity contribution in [3.8, 4) is 6.07 Å². The van der Waals surface area contributed by atoms with Crippen molar-refractivity contribution in [1.82, 2.24) is 0 Å². The van der Waals surface area contributed by atoms with Crippen molar-refractivity contribution < 1.29 is 0 Å². The predicted octanol–water partition coefficient (Wildman–Crippen LogP) is 6.09. The van der Waals surface area contributed by atoms with Gasteiger partial charge in [0.05, 0.1) is 11.5 Å². The number of rotatable bonds is 5. The van der Waals surface area contributed by atoms with Gasteiger partial charge in [-0.1, -0.05) is 45.4 Å². The Labute approximate surface area is 126 Å². The van der Waals surface area contributed by atoms with Gasteiger partial charge in [-0.15, -0.1) is 0 Å². The molecule has 0 heterocycles. The van der Waals surface area contributed by atoms with E-state index in [1.165, 1.54) is 64.2 Å². The minimum absolute atomic E-state index is 0.00610. The molecular weight excluding hydrogens is 242 g/mol. The molecule has 0 spiro atoms. The molecule has 0 aromatic heterocycles. The largest absolute Gasteiger partial charge is 0.198 e. The van der Waals surface area contributed by atoms with Gasteiger partial charge < -0.3 is 0 Å². The second kappa shape index (κ2) is 7.48. The van der Waals surface area contributed by atoms with Gasteiger partial charge in [-0.2, -0.15) is 5.26 Å². The lowest BCUT2D eigenvalue weighted by molar-refractivity contribution is 0.127. The molecule has 0 amide bonds. The van der Waals surface area contributed by atoms with E-state index in [9.17, 15) is 5.26 Å². The molecule has 114 valence electrons. The fourth-order valence-corrected chi connectivity index (χ4v) is 4.49. The molecule has 0 aromatic carbocycles. The van der Waals surface area contributed by atoms with Gasteiger partial charge in [0, 0.05) is 0 Å². The van der Waals surface area contributed by atoms with Crippen molar-refractivity contribution in [3.05, 3.63) is 0 Å². The lowest BCUT2D eigenvalue weighted by atomic mass is 9.65. The van der Waals surface area contributed by atoms with Crippen molar-refractivity contribution in [3.63, 3.8) is 0 Å². The van der Waals surface area contributed by atoms with Crippen LogP contribution < -0.4 is 0 Å². The molecule has 0 saturated heterocycles. The van der Waals surface area contributed by atoms with Crippen LogP contribution in [0.1, 0.15) is 90.9 Å². The van der Waals surface area contributed by atoms with Crippen LogP contribution >= 0.6 is 0 Å². The third-order valence-electron chi connectivity index (χ3n) is 6.18. The molecule has 1 nitrogen and oxygen atoms in total. The maximum atomic E-state index is 9.23. The van der Waals surface area contributed by atoms with E-state index in [2.05, 4.69) is 19.9 Å². The molecule has 0 unspecified atom stereocenters. The lowest BCUT2D eigenvalue weighted by Crippen LogP contribution is -2.29. The van der Waals surface area contributed by atoms with Crippen LogP contribution in [-0.4, -0.2) is 0 Å². The van der Waals surface area contributed by atoms with Gasteiger partial charge in [0.15, 0.2) is 0 Å². The Morgan fingerprint density at radius 3 is 2.10 bits per heavy atom. The van der Waals surface area contributed by atoms with E-state index < -0.39 is 0 Å². The van der Waals surface area contributed by atoms with E-state index in [1.54, 1.807) is 0 Å². The minimum Gasteiger partial charge on any atom is -0.198 e. The van der Waals surface area contributed by atoms with Crippen LogP contribution in [0, 0.1) is 34.5 Å². The minimum atomic E-state index is -0.00610. The van der Waals surface area contributed by atoms with Crippen LogP contribution in [0.5, 0.6) is 0 Å². The Morgan fingerprint density at radius 2 is 1.55 bits per heavy atom. The molecule has 2 aliphatic rings. The molecule has 0 bridgehead atoms. The molecule has 2 fully saturated rings. The molecule has 0 radical (unpaired) electrons. The summed E-state index contributed by atoms with van der Waals surface area (Å²) in [5.41, 5.74) is -0.00610. The Kier molecular flexibility index (Phi) is 5.94. The summed E-state index contributed by atoms with van der Waals surface area (Å²) in [6, 6.07) is 2.54. The summed E-state index contributed by atoms with van der Waals surface area (Å²) in [5, 5.41) is 9.23. The van der Waals surface area contributed by atoms with Gasteiger partial charge in [-0.25, -0.2) is 0 Å². The van der Waals surface area contributed by atoms with Crippen LogP contribution in [0.2, 0.25) is 0 Å². The second-order valence-electron chi connectivity index (χ2n) is 7.79. The van der Waals surface area contributed by atoms with Gasteiger partial charge in [0.25, 0.3) is 0 Å². The van der Waals surface area contributed by atoms with Crippen LogP contribution in [0.4, 0.5) is 0 Å². The van der Waals surface area contributed by atoms with E-state index in [1.807, 2.05) is 0 Å². The molecule has 0 aliphatic heterocycles. The van der Waals surface area contributed by atoms with Crippen LogP contribution in [0.15, 0.2) is 0 Å². The summed E-state index contributed by atoms with van der Waals surface area (Å²) in [7, 11) is 0. The number of nitriles is 1.